The SMILES string of the molecule is O[C@H](CCN1CC[C@@H]2CC[C@@H](C2)C1)c1cccs1. The van der Waals surface area contributed by atoms with Gasteiger partial charge in [0.1, 0.15) is 0 Å². The Balaban J connectivity index is 1.48. The van der Waals surface area contributed by atoms with Crippen LogP contribution in [0.15, 0.2) is 17.5 Å². The van der Waals surface area contributed by atoms with E-state index in [2.05, 4.69) is 4.90 Å². The van der Waals surface area contributed by atoms with Crippen LogP contribution in [-0.4, -0.2) is 29.6 Å². The van der Waals surface area contributed by atoms with Crippen molar-refractivity contribution in [3.63, 3.8) is 0 Å². The fourth-order valence-electron chi connectivity index (χ4n) is 3.56. The molecule has 100 valence electrons. The minimum Gasteiger partial charge on any atom is -0.388 e. The molecule has 3 heteroatoms. The number of aliphatic hydroxyl groups excluding tert-OH is 1. The Hall–Kier alpha value is -0.380. The standard InChI is InChI=1S/C15H23NOS/c17-14(15-2-1-9-18-15)6-8-16-7-5-12-3-4-13(10-12)11-16/h1-2,9,12-14,17H,3-8,10-11H2/t12-,13-,14+/m0/s1. The maximum atomic E-state index is 10.1. The third-order valence-electron chi connectivity index (χ3n) is 4.61. The highest BCUT2D eigenvalue weighted by Crippen LogP contribution is 2.36. The second-order valence-corrected chi connectivity index (χ2v) is 6.93. The number of hydrogen-bond acceptors (Lipinski definition) is 3. The van der Waals surface area contributed by atoms with Gasteiger partial charge < -0.3 is 10.0 Å². The van der Waals surface area contributed by atoms with Gasteiger partial charge in [-0.25, -0.2) is 0 Å². The average Bonchev–Trinajstić information content (AvgIpc) is 2.97. The van der Waals surface area contributed by atoms with E-state index in [0.29, 0.717) is 0 Å². The predicted molar refractivity (Wildman–Crippen MR) is 75.8 cm³/mol. The molecule has 0 aromatic carbocycles. The Morgan fingerprint density at radius 1 is 1.33 bits per heavy atom. The lowest BCUT2D eigenvalue weighted by Crippen LogP contribution is -2.30. The molecule has 0 amide bonds. The highest BCUT2D eigenvalue weighted by molar-refractivity contribution is 7.10. The van der Waals surface area contributed by atoms with Crippen LogP contribution in [0, 0.1) is 11.8 Å². The number of thiophene rings is 1. The van der Waals surface area contributed by atoms with Crippen LogP contribution in [-0.2, 0) is 0 Å². The zero-order chi connectivity index (χ0) is 12.4. The summed E-state index contributed by atoms with van der Waals surface area (Å²) in [5, 5.41) is 12.2. The van der Waals surface area contributed by atoms with Gasteiger partial charge in [-0.3, -0.25) is 0 Å². The van der Waals surface area contributed by atoms with Crippen molar-refractivity contribution in [1.82, 2.24) is 4.90 Å². The van der Waals surface area contributed by atoms with Crippen molar-refractivity contribution < 1.29 is 5.11 Å². The third-order valence-corrected chi connectivity index (χ3v) is 5.58. The van der Waals surface area contributed by atoms with E-state index in [9.17, 15) is 5.11 Å². The van der Waals surface area contributed by atoms with E-state index in [4.69, 9.17) is 0 Å². The summed E-state index contributed by atoms with van der Waals surface area (Å²) in [4.78, 5) is 3.70. The van der Waals surface area contributed by atoms with E-state index in [1.54, 1.807) is 11.3 Å². The minimum absolute atomic E-state index is 0.259. The second kappa shape index (κ2) is 5.72. The molecule has 1 saturated heterocycles. The normalized spacial score (nSPS) is 30.3. The van der Waals surface area contributed by atoms with E-state index in [-0.39, 0.29) is 6.10 Å². The summed E-state index contributed by atoms with van der Waals surface area (Å²) in [6, 6.07) is 4.06. The van der Waals surface area contributed by atoms with E-state index in [0.717, 1.165) is 29.7 Å². The Morgan fingerprint density at radius 2 is 2.22 bits per heavy atom. The molecule has 2 fully saturated rings. The fourth-order valence-corrected chi connectivity index (χ4v) is 4.31. The van der Waals surface area contributed by atoms with Crippen molar-refractivity contribution in [2.75, 3.05) is 19.6 Å². The summed E-state index contributed by atoms with van der Waals surface area (Å²) in [6.07, 6.45) is 6.38. The summed E-state index contributed by atoms with van der Waals surface area (Å²) in [6.45, 7) is 3.58. The first-order chi connectivity index (χ1) is 8.81. The Labute approximate surface area is 114 Å². The topological polar surface area (TPSA) is 23.5 Å². The number of rotatable bonds is 4. The lowest BCUT2D eigenvalue weighted by atomic mass is 10.0. The van der Waals surface area contributed by atoms with Gasteiger partial charge in [0.2, 0.25) is 0 Å². The lowest BCUT2D eigenvalue weighted by molar-refractivity contribution is 0.139. The molecule has 1 aliphatic heterocycles. The first-order valence-corrected chi connectivity index (χ1v) is 8.13. The molecular formula is C15H23NOS. The molecule has 0 radical (unpaired) electrons. The van der Waals surface area contributed by atoms with Crippen molar-refractivity contribution in [3.05, 3.63) is 22.4 Å². The zero-order valence-electron chi connectivity index (χ0n) is 10.9. The molecule has 18 heavy (non-hydrogen) atoms. The molecule has 1 aromatic heterocycles. The third kappa shape index (κ3) is 2.95. The smallest absolute Gasteiger partial charge is 0.0894 e. The van der Waals surface area contributed by atoms with Crippen LogP contribution in [0.5, 0.6) is 0 Å². The molecule has 0 spiro atoms. The van der Waals surface area contributed by atoms with Crippen LogP contribution in [0.2, 0.25) is 0 Å². The molecule has 3 atom stereocenters. The molecule has 1 saturated carbocycles. The molecular weight excluding hydrogens is 242 g/mol. The van der Waals surface area contributed by atoms with Gasteiger partial charge in [0.05, 0.1) is 6.10 Å². The fraction of sp³-hybridized carbons (Fsp3) is 0.733. The first kappa shape index (κ1) is 12.6. The molecule has 1 aliphatic carbocycles. The maximum Gasteiger partial charge on any atom is 0.0894 e. The van der Waals surface area contributed by atoms with Gasteiger partial charge in [-0.2, -0.15) is 0 Å². The quantitative estimate of drug-likeness (QED) is 0.903. The number of likely N-dealkylation sites (tertiary alicyclic amines) is 1. The summed E-state index contributed by atoms with van der Waals surface area (Å²) in [7, 11) is 0. The molecule has 2 bridgehead atoms. The Kier molecular flexibility index (Phi) is 4.02. The highest BCUT2D eigenvalue weighted by Gasteiger charge is 2.29. The van der Waals surface area contributed by atoms with Crippen LogP contribution >= 0.6 is 11.3 Å². The van der Waals surface area contributed by atoms with Crippen molar-refractivity contribution in [2.24, 2.45) is 11.8 Å². The predicted octanol–water partition coefficient (Wildman–Crippen LogP) is 3.29. The number of hydrogen-bond donors (Lipinski definition) is 1. The van der Waals surface area contributed by atoms with Gasteiger partial charge in [-0.05, 0) is 55.5 Å². The van der Waals surface area contributed by atoms with Gasteiger partial charge in [-0.15, -0.1) is 11.3 Å². The number of nitrogens with zero attached hydrogens (tertiary/aromatic N) is 1. The zero-order valence-corrected chi connectivity index (χ0v) is 11.7. The van der Waals surface area contributed by atoms with E-state index < -0.39 is 0 Å². The van der Waals surface area contributed by atoms with Gasteiger partial charge >= 0.3 is 0 Å². The molecule has 1 aromatic rings. The van der Waals surface area contributed by atoms with Gasteiger partial charge in [0.25, 0.3) is 0 Å². The van der Waals surface area contributed by atoms with E-state index >= 15 is 0 Å². The molecule has 3 rings (SSSR count). The Bertz CT molecular complexity index is 365. The van der Waals surface area contributed by atoms with Crippen LogP contribution in [0.3, 0.4) is 0 Å². The maximum absolute atomic E-state index is 10.1. The van der Waals surface area contributed by atoms with E-state index in [1.165, 1.54) is 38.8 Å². The van der Waals surface area contributed by atoms with E-state index in [1.807, 2.05) is 17.5 Å². The Morgan fingerprint density at radius 3 is 3.06 bits per heavy atom. The van der Waals surface area contributed by atoms with Crippen molar-refractivity contribution in [2.45, 2.75) is 38.2 Å². The van der Waals surface area contributed by atoms with Crippen molar-refractivity contribution >= 4 is 11.3 Å². The van der Waals surface area contributed by atoms with Gasteiger partial charge in [-0.1, -0.05) is 12.5 Å². The largest absolute Gasteiger partial charge is 0.388 e. The van der Waals surface area contributed by atoms with Crippen molar-refractivity contribution in [3.8, 4) is 0 Å². The van der Waals surface area contributed by atoms with Crippen LogP contribution in [0.25, 0.3) is 0 Å². The number of fused-ring (bicyclic) bond motifs is 2. The average molecular weight is 265 g/mol. The summed E-state index contributed by atoms with van der Waals surface area (Å²) in [5.41, 5.74) is 0. The highest BCUT2D eigenvalue weighted by atomic mass is 32.1. The monoisotopic (exact) mass is 265 g/mol. The van der Waals surface area contributed by atoms with Crippen LogP contribution < -0.4 is 0 Å². The molecule has 1 N–H and O–H groups in total. The lowest BCUT2D eigenvalue weighted by Gasteiger charge is -2.25. The first-order valence-electron chi connectivity index (χ1n) is 7.25. The summed E-state index contributed by atoms with van der Waals surface area (Å²) >= 11 is 1.67. The van der Waals surface area contributed by atoms with Gasteiger partial charge in [0.15, 0.2) is 0 Å². The van der Waals surface area contributed by atoms with Crippen LogP contribution in [0.1, 0.15) is 43.1 Å². The molecule has 2 heterocycles. The van der Waals surface area contributed by atoms with Crippen LogP contribution in [0.4, 0.5) is 0 Å². The minimum atomic E-state index is -0.259. The van der Waals surface area contributed by atoms with Crippen molar-refractivity contribution in [1.29, 1.82) is 0 Å². The summed E-state index contributed by atoms with van der Waals surface area (Å²) in [5.74, 6) is 1.94. The van der Waals surface area contributed by atoms with Gasteiger partial charge in [0, 0.05) is 18.0 Å². The summed E-state index contributed by atoms with van der Waals surface area (Å²) < 4.78 is 0. The molecule has 2 nitrogen and oxygen atoms in total. The second-order valence-electron chi connectivity index (χ2n) is 5.95. The molecule has 0 unspecified atom stereocenters. The number of aliphatic hydroxyl groups is 1. The molecule has 2 aliphatic rings.